The van der Waals surface area contributed by atoms with Gasteiger partial charge in [0.1, 0.15) is 5.75 Å². The molecule has 0 aliphatic heterocycles. The van der Waals surface area contributed by atoms with E-state index in [0.29, 0.717) is 21.7 Å². The topological polar surface area (TPSA) is 26.3 Å². The van der Waals surface area contributed by atoms with Gasteiger partial charge in [0.15, 0.2) is 5.78 Å². The van der Waals surface area contributed by atoms with Crippen LogP contribution in [0.15, 0.2) is 42.5 Å². The summed E-state index contributed by atoms with van der Waals surface area (Å²) in [6.45, 7) is 1.42. The normalized spacial score (nSPS) is 11.3. The van der Waals surface area contributed by atoms with Crippen molar-refractivity contribution in [3.63, 3.8) is 0 Å². The molecule has 110 valence electrons. The number of rotatable bonds is 3. The Morgan fingerprint density at radius 2 is 1.71 bits per heavy atom. The molecule has 0 aromatic heterocycles. The summed E-state index contributed by atoms with van der Waals surface area (Å²) < 4.78 is 40.1. The zero-order valence-corrected chi connectivity index (χ0v) is 11.6. The maximum absolute atomic E-state index is 12.1. The molecule has 0 amide bonds. The van der Waals surface area contributed by atoms with Crippen LogP contribution in [0, 0.1) is 0 Å². The Labute approximate surface area is 124 Å². The lowest BCUT2D eigenvalue weighted by Crippen LogP contribution is -2.16. The van der Waals surface area contributed by atoms with E-state index in [9.17, 15) is 18.0 Å². The third kappa shape index (κ3) is 3.98. The van der Waals surface area contributed by atoms with Crippen molar-refractivity contribution in [2.75, 3.05) is 0 Å². The minimum atomic E-state index is -4.73. The molecule has 2 nitrogen and oxygen atoms in total. The highest BCUT2D eigenvalue weighted by atomic mass is 35.5. The number of ketones is 1. The summed E-state index contributed by atoms with van der Waals surface area (Å²) in [7, 11) is 0. The number of ether oxygens (including phenoxy) is 1. The lowest BCUT2D eigenvalue weighted by Gasteiger charge is -2.10. The monoisotopic (exact) mass is 314 g/mol. The molecule has 0 fully saturated rings. The Hall–Kier alpha value is -2.01. The van der Waals surface area contributed by atoms with Crippen molar-refractivity contribution in [1.82, 2.24) is 0 Å². The van der Waals surface area contributed by atoms with Gasteiger partial charge in [-0.2, -0.15) is 0 Å². The van der Waals surface area contributed by atoms with Gasteiger partial charge in [-0.1, -0.05) is 23.7 Å². The average Bonchev–Trinajstić information content (AvgIpc) is 2.38. The van der Waals surface area contributed by atoms with Gasteiger partial charge in [-0.25, -0.2) is 0 Å². The van der Waals surface area contributed by atoms with E-state index < -0.39 is 6.36 Å². The van der Waals surface area contributed by atoms with Gasteiger partial charge in [0, 0.05) is 16.1 Å². The highest BCUT2D eigenvalue weighted by Crippen LogP contribution is 2.31. The zero-order chi connectivity index (χ0) is 15.6. The first-order chi connectivity index (χ1) is 9.76. The third-order valence-corrected chi connectivity index (χ3v) is 3.10. The van der Waals surface area contributed by atoms with E-state index in [-0.39, 0.29) is 11.5 Å². The Balaban J connectivity index is 2.34. The molecule has 6 heteroatoms. The molecule has 21 heavy (non-hydrogen) atoms. The molecule has 0 heterocycles. The standard InChI is InChI=1S/C15H10ClF3O2/c1-9(20)11-4-7-14(16)13(8-11)10-2-5-12(6-3-10)21-15(17,18)19/h2-8H,1H3. The second-order valence-corrected chi connectivity index (χ2v) is 4.73. The van der Waals surface area contributed by atoms with Crippen LogP contribution in [-0.4, -0.2) is 12.1 Å². The zero-order valence-electron chi connectivity index (χ0n) is 10.9. The second kappa shape index (κ2) is 5.77. The summed E-state index contributed by atoms with van der Waals surface area (Å²) in [6, 6.07) is 10.1. The van der Waals surface area contributed by atoms with Crippen LogP contribution >= 0.6 is 11.6 Å². The number of alkyl halides is 3. The summed E-state index contributed by atoms with van der Waals surface area (Å²) in [5, 5.41) is 0.407. The number of carbonyl (C=O) groups excluding carboxylic acids is 1. The van der Waals surface area contributed by atoms with Gasteiger partial charge < -0.3 is 4.74 Å². The van der Waals surface area contributed by atoms with Crippen LogP contribution in [0.3, 0.4) is 0 Å². The van der Waals surface area contributed by atoms with Crippen molar-refractivity contribution >= 4 is 17.4 Å². The SMILES string of the molecule is CC(=O)c1ccc(Cl)c(-c2ccc(OC(F)(F)F)cc2)c1. The maximum Gasteiger partial charge on any atom is 0.573 e. The highest BCUT2D eigenvalue weighted by molar-refractivity contribution is 6.33. The van der Waals surface area contributed by atoms with Gasteiger partial charge in [0.25, 0.3) is 0 Å². The average molecular weight is 315 g/mol. The van der Waals surface area contributed by atoms with Gasteiger partial charge in [-0.3, -0.25) is 4.79 Å². The van der Waals surface area contributed by atoms with E-state index in [1.165, 1.54) is 31.2 Å². The first-order valence-electron chi connectivity index (χ1n) is 5.93. The Bertz CT molecular complexity index is 664. The number of carbonyl (C=O) groups is 1. The summed E-state index contributed by atoms with van der Waals surface area (Å²) in [6.07, 6.45) is -4.73. The fourth-order valence-electron chi connectivity index (χ4n) is 1.80. The first kappa shape index (κ1) is 15.4. The molecular weight excluding hydrogens is 305 g/mol. The third-order valence-electron chi connectivity index (χ3n) is 2.77. The molecule has 0 N–H and O–H groups in total. The molecule has 0 aliphatic rings. The molecule has 2 aromatic carbocycles. The van der Waals surface area contributed by atoms with Crippen molar-refractivity contribution in [1.29, 1.82) is 0 Å². The Morgan fingerprint density at radius 1 is 1.10 bits per heavy atom. The van der Waals surface area contributed by atoms with Crippen LogP contribution in [0.2, 0.25) is 5.02 Å². The molecule has 2 rings (SSSR count). The number of Topliss-reactive ketones (excluding diaryl/α,β-unsaturated/α-hetero) is 1. The van der Waals surface area contributed by atoms with E-state index in [4.69, 9.17) is 11.6 Å². The fourth-order valence-corrected chi connectivity index (χ4v) is 2.03. The van der Waals surface area contributed by atoms with E-state index in [0.717, 1.165) is 0 Å². The molecule has 0 spiro atoms. The van der Waals surface area contributed by atoms with Crippen molar-refractivity contribution in [3.05, 3.63) is 53.1 Å². The number of hydrogen-bond acceptors (Lipinski definition) is 2. The second-order valence-electron chi connectivity index (χ2n) is 4.32. The van der Waals surface area contributed by atoms with Crippen LogP contribution in [0.25, 0.3) is 11.1 Å². The molecule has 2 aromatic rings. The predicted octanol–water partition coefficient (Wildman–Crippen LogP) is 5.11. The van der Waals surface area contributed by atoms with Crippen molar-refractivity contribution < 1.29 is 22.7 Å². The largest absolute Gasteiger partial charge is 0.573 e. The van der Waals surface area contributed by atoms with E-state index in [1.54, 1.807) is 18.2 Å². The minimum Gasteiger partial charge on any atom is -0.406 e. The van der Waals surface area contributed by atoms with Gasteiger partial charge in [-0.05, 0) is 42.8 Å². The predicted molar refractivity (Wildman–Crippen MR) is 73.6 cm³/mol. The molecule has 0 saturated heterocycles. The maximum atomic E-state index is 12.1. The molecular formula is C15H10ClF3O2. The quantitative estimate of drug-likeness (QED) is 0.736. The summed E-state index contributed by atoms with van der Waals surface area (Å²) in [4.78, 5) is 11.4. The van der Waals surface area contributed by atoms with Crippen molar-refractivity contribution in [3.8, 4) is 16.9 Å². The summed E-state index contributed by atoms with van der Waals surface area (Å²) in [5.41, 5.74) is 1.64. The number of halogens is 4. The molecule has 0 radical (unpaired) electrons. The van der Waals surface area contributed by atoms with Gasteiger partial charge in [0.2, 0.25) is 0 Å². The Morgan fingerprint density at radius 3 is 2.24 bits per heavy atom. The van der Waals surface area contributed by atoms with Crippen LogP contribution in [0.5, 0.6) is 5.75 Å². The Kier molecular flexibility index (Phi) is 4.23. The molecule has 0 aliphatic carbocycles. The first-order valence-corrected chi connectivity index (χ1v) is 6.31. The lowest BCUT2D eigenvalue weighted by atomic mass is 10.0. The fraction of sp³-hybridized carbons (Fsp3) is 0.133. The summed E-state index contributed by atoms with van der Waals surface area (Å²) in [5.74, 6) is -0.435. The molecule has 0 bridgehead atoms. The molecule has 0 saturated carbocycles. The van der Waals surface area contributed by atoms with Crippen LogP contribution in [0.4, 0.5) is 13.2 Å². The van der Waals surface area contributed by atoms with E-state index >= 15 is 0 Å². The van der Waals surface area contributed by atoms with Gasteiger partial charge in [0.05, 0.1) is 0 Å². The van der Waals surface area contributed by atoms with Crippen LogP contribution in [-0.2, 0) is 0 Å². The van der Waals surface area contributed by atoms with Crippen molar-refractivity contribution in [2.24, 2.45) is 0 Å². The van der Waals surface area contributed by atoms with Crippen molar-refractivity contribution in [2.45, 2.75) is 13.3 Å². The number of benzene rings is 2. The van der Waals surface area contributed by atoms with E-state index in [1.807, 2.05) is 0 Å². The van der Waals surface area contributed by atoms with Gasteiger partial charge in [-0.15, -0.1) is 13.2 Å². The van der Waals surface area contributed by atoms with E-state index in [2.05, 4.69) is 4.74 Å². The van der Waals surface area contributed by atoms with Gasteiger partial charge >= 0.3 is 6.36 Å². The number of hydrogen-bond donors (Lipinski definition) is 0. The minimum absolute atomic E-state index is 0.120. The molecule has 0 atom stereocenters. The van der Waals surface area contributed by atoms with Crippen LogP contribution in [0.1, 0.15) is 17.3 Å². The highest BCUT2D eigenvalue weighted by Gasteiger charge is 2.30. The molecule has 0 unspecified atom stereocenters. The van der Waals surface area contributed by atoms with Crippen LogP contribution < -0.4 is 4.74 Å². The summed E-state index contributed by atoms with van der Waals surface area (Å²) >= 11 is 6.06. The smallest absolute Gasteiger partial charge is 0.406 e. The lowest BCUT2D eigenvalue weighted by molar-refractivity contribution is -0.274.